The van der Waals surface area contributed by atoms with Crippen LogP contribution in [0.5, 0.6) is 5.75 Å². The van der Waals surface area contributed by atoms with Gasteiger partial charge >= 0.3 is 0 Å². The summed E-state index contributed by atoms with van der Waals surface area (Å²) in [4.78, 5) is 11.5. The zero-order valence-corrected chi connectivity index (χ0v) is 15.6. The lowest BCUT2D eigenvalue weighted by molar-refractivity contribution is -0.0822. The van der Waals surface area contributed by atoms with Crippen molar-refractivity contribution in [3.05, 3.63) is 42.1 Å². The van der Waals surface area contributed by atoms with Crippen LogP contribution in [0.4, 0.5) is 4.39 Å². The Labute approximate surface area is 156 Å². The first-order valence-electron chi connectivity index (χ1n) is 9.06. The van der Waals surface area contributed by atoms with Crippen molar-refractivity contribution < 1.29 is 14.2 Å². The molecule has 3 atom stereocenters. The Morgan fingerprint density at radius 1 is 1.26 bits per heavy atom. The van der Waals surface area contributed by atoms with E-state index in [0.29, 0.717) is 46.7 Å². The molecule has 1 aliphatic rings. The first-order valence-corrected chi connectivity index (χ1v) is 9.06. The number of halogens is 1. The number of fused-ring (bicyclic) bond motifs is 1. The van der Waals surface area contributed by atoms with Crippen LogP contribution >= 0.6 is 0 Å². The molecule has 142 valence electrons. The average Bonchev–Trinajstić information content (AvgIpc) is 3.07. The molecule has 0 unspecified atom stereocenters. The van der Waals surface area contributed by atoms with Gasteiger partial charge in [0, 0.05) is 60.7 Å². The number of aromatic nitrogens is 3. The molecule has 4 rings (SSSR count). The first-order chi connectivity index (χ1) is 13.0. The fourth-order valence-corrected chi connectivity index (χ4v) is 4.13. The second kappa shape index (κ2) is 6.58. The van der Waals surface area contributed by atoms with E-state index in [-0.39, 0.29) is 17.7 Å². The van der Waals surface area contributed by atoms with Crippen LogP contribution in [-0.2, 0) is 5.60 Å². The van der Waals surface area contributed by atoms with E-state index in [0.717, 1.165) is 0 Å². The number of hydrogen-bond donors (Lipinski definition) is 3. The molecule has 4 heterocycles. The molecule has 1 fully saturated rings. The lowest BCUT2D eigenvalue weighted by Gasteiger charge is -2.44. The van der Waals surface area contributed by atoms with Gasteiger partial charge in [0.1, 0.15) is 17.0 Å². The second-order valence-corrected chi connectivity index (χ2v) is 7.27. The first kappa shape index (κ1) is 17.9. The maximum absolute atomic E-state index is 14.2. The molecular formula is C20H23FN4O2. The van der Waals surface area contributed by atoms with Gasteiger partial charge in [0.25, 0.3) is 0 Å². The molecule has 27 heavy (non-hydrogen) atoms. The number of nitrogens with one attached hydrogen (secondary N) is 2. The summed E-state index contributed by atoms with van der Waals surface area (Å²) in [7, 11) is 1.57. The summed E-state index contributed by atoms with van der Waals surface area (Å²) in [6.07, 6.45) is 4.55. The molecule has 1 aliphatic heterocycles. The number of nitrogens with zero attached hydrogens (tertiary/aromatic N) is 2. The molecule has 3 aromatic rings. The second-order valence-electron chi connectivity index (χ2n) is 7.27. The molecule has 3 N–H and O–H groups in total. The molecule has 0 radical (unpaired) electrons. The number of piperidine rings is 1. The van der Waals surface area contributed by atoms with Gasteiger partial charge in [-0.1, -0.05) is 13.8 Å². The number of aliphatic hydroxyl groups is 1. The van der Waals surface area contributed by atoms with E-state index in [1.807, 2.05) is 13.8 Å². The summed E-state index contributed by atoms with van der Waals surface area (Å²) < 4.78 is 19.8. The van der Waals surface area contributed by atoms with E-state index < -0.39 is 5.60 Å². The number of H-pyrrole nitrogens is 1. The van der Waals surface area contributed by atoms with E-state index in [1.165, 1.54) is 6.20 Å². The predicted molar refractivity (Wildman–Crippen MR) is 101 cm³/mol. The van der Waals surface area contributed by atoms with Crippen molar-refractivity contribution in [2.45, 2.75) is 19.4 Å². The molecule has 0 saturated carbocycles. The van der Waals surface area contributed by atoms with Gasteiger partial charge in [-0.05, 0) is 6.07 Å². The van der Waals surface area contributed by atoms with E-state index in [2.05, 4.69) is 20.3 Å². The molecule has 0 amide bonds. The Balaban J connectivity index is 1.86. The molecule has 6 nitrogen and oxygen atoms in total. The third-order valence-corrected chi connectivity index (χ3v) is 5.72. The summed E-state index contributed by atoms with van der Waals surface area (Å²) in [5.74, 6) is 0.163. The Morgan fingerprint density at radius 2 is 2.00 bits per heavy atom. The third-order valence-electron chi connectivity index (χ3n) is 5.72. The van der Waals surface area contributed by atoms with Gasteiger partial charge in [0.15, 0.2) is 5.82 Å². The van der Waals surface area contributed by atoms with E-state index in [1.54, 1.807) is 31.6 Å². The van der Waals surface area contributed by atoms with Gasteiger partial charge in [-0.15, -0.1) is 0 Å². The number of methoxy groups -OCH3 is 1. The fraction of sp³-hybridized carbons (Fsp3) is 0.400. The zero-order chi connectivity index (χ0) is 19.2. The van der Waals surface area contributed by atoms with Crippen molar-refractivity contribution in [2.24, 2.45) is 11.8 Å². The smallest absolute Gasteiger partial charge is 0.150 e. The summed E-state index contributed by atoms with van der Waals surface area (Å²) in [5, 5.41) is 15.2. The highest BCUT2D eigenvalue weighted by Crippen LogP contribution is 2.43. The van der Waals surface area contributed by atoms with Gasteiger partial charge in [-0.2, -0.15) is 0 Å². The SMILES string of the molecule is COc1cc(-c2ccnc3[nH]cc(F)c23)ncc1[C@@]1(O)[C@H](C)CNC[C@@H]1C. The maximum atomic E-state index is 14.2. The molecule has 0 spiro atoms. The van der Waals surface area contributed by atoms with Crippen molar-refractivity contribution >= 4 is 11.0 Å². The fourth-order valence-electron chi connectivity index (χ4n) is 4.13. The number of pyridine rings is 2. The topological polar surface area (TPSA) is 83.1 Å². The number of rotatable bonds is 3. The normalized spacial score (nSPS) is 25.7. The van der Waals surface area contributed by atoms with Crippen molar-refractivity contribution in [1.82, 2.24) is 20.3 Å². The average molecular weight is 370 g/mol. The van der Waals surface area contributed by atoms with E-state index in [4.69, 9.17) is 4.74 Å². The number of hydrogen-bond acceptors (Lipinski definition) is 5. The quantitative estimate of drug-likeness (QED) is 0.660. The minimum absolute atomic E-state index is 0.00227. The van der Waals surface area contributed by atoms with Gasteiger partial charge in [-0.25, -0.2) is 9.37 Å². The van der Waals surface area contributed by atoms with Crippen LogP contribution in [0.3, 0.4) is 0 Å². The molecule has 3 aromatic heterocycles. The molecule has 0 bridgehead atoms. The monoisotopic (exact) mass is 370 g/mol. The van der Waals surface area contributed by atoms with Crippen molar-refractivity contribution in [3.63, 3.8) is 0 Å². The third kappa shape index (κ3) is 2.69. The summed E-state index contributed by atoms with van der Waals surface area (Å²) >= 11 is 0. The Morgan fingerprint density at radius 3 is 2.70 bits per heavy atom. The van der Waals surface area contributed by atoms with Gasteiger partial charge in [0.05, 0.1) is 18.2 Å². The molecule has 1 saturated heterocycles. The van der Waals surface area contributed by atoms with Crippen LogP contribution in [0.15, 0.2) is 30.7 Å². The van der Waals surface area contributed by atoms with Crippen molar-refractivity contribution in [2.75, 3.05) is 20.2 Å². The lowest BCUT2D eigenvalue weighted by atomic mass is 9.71. The van der Waals surface area contributed by atoms with Crippen molar-refractivity contribution in [3.8, 4) is 17.0 Å². The highest BCUT2D eigenvalue weighted by atomic mass is 19.1. The van der Waals surface area contributed by atoms with Crippen LogP contribution < -0.4 is 10.1 Å². The highest BCUT2D eigenvalue weighted by Gasteiger charge is 2.45. The van der Waals surface area contributed by atoms with Crippen molar-refractivity contribution in [1.29, 1.82) is 0 Å². The largest absolute Gasteiger partial charge is 0.496 e. The molecular weight excluding hydrogens is 347 g/mol. The van der Waals surface area contributed by atoms with Crippen LogP contribution in [0.25, 0.3) is 22.3 Å². The van der Waals surface area contributed by atoms with E-state index in [9.17, 15) is 9.50 Å². The standard InChI is InChI=1S/C20H23FN4O2/c1-11-7-22-8-12(2)20(11,26)14-9-24-16(6-17(14)27-3)13-4-5-23-19-18(13)15(21)10-25-19/h4-6,9-12,22,26H,7-8H2,1-3H3,(H,23,25)/t11-,12+,20-. The minimum Gasteiger partial charge on any atom is -0.496 e. The van der Waals surface area contributed by atoms with Crippen LogP contribution in [0.2, 0.25) is 0 Å². The Kier molecular flexibility index (Phi) is 4.36. The highest BCUT2D eigenvalue weighted by molar-refractivity contribution is 5.92. The summed E-state index contributed by atoms with van der Waals surface area (Å²) in [5.41, 5.74) is 1.28. The number of ether oxygens (including phenoxy) is 1. The van der Waals surface area contributed by atoms with Gasteiger partial charge in [-0.3, -0.25) is 4.98 Å². The van der Waals surface area contributed by atoms with Gasteiger partial charge < -0.3 is 20.1 Å². The molecule has 0 aromatic carbocycles. The Bertz CT molecular complexity index is 977. The van der Waals surface area contributed by atoms with E-state index >= 15 is 0 Å². The molecule has 7 heteroatoms. The number of aromatic amines is 1. The zero-order valence-electron chi connectivity index (χ0n) is 15.6. The maximum Gasteiger partial charge on any atom is 0.150 e. The Hall–Kier alpha value is -2.51. The van der Waals surface area contributed by atoms with Crippen LogP contribution in [-0.4, -0.2) is 40.3 Å². The van der Waals surface area contributed by atoms with Crippen LogP contribution in [0, 0.1) is 17.7 Å². The lowest BCUT2D eigenvalue weighted by Crippen LogP contribution is -2.53. The predicted octanol–water partition coefficient (Wildman–Crippen LogP) is 2.84. The van der Waals surface area contributed by atoms with Crippen LogP contribution in [0.1, 0.15) is 19.4 Å². The summed E-state index contributed by atoms with van der Waals surface area (Å²) in [6, 6.07) is 3.49. The minimum atomic E-state index is -1.05. The molecule has 0 aliphatic carbocycles. The van der Waals surface area contributed by atoms with Gasteiger partial charge in [0.2, 0.25) is 0 Å². The summed E-state index contributed by atoms with van der Waals surface area (Å²) in [6.45, 7) is 5.45.